The predicted molar refractivity (Wildman–Crippen MR) is 102 cm³/mol. The summed E-state index contributed by atoms with van der Waals surface area (Å²) in [7, 11) is 0. The van der Waals surface area contributed by atoms with E-state index in [1.165, 1.54) is 4.90 Å². The largest absolute Gasteiger partial charge is 0.332 e. The Bertz CT molecular complexity index is 1010. The number of halogens is 1. The summed E-state index contributed by atoms with van der Waals surface area (Å²) in [4.78, 5) is 5.66. The molecule has 7 heteroatoms. The molecule has 0 bridgehead atoms. The van der Waals surface area contributed by atoms with Crippen LogP contribution in [0.4, 0.5) is 0 Å². The summed E-state index contributed by atoms with van der Waals surface area (Å²) < 4.78 is 6.39. The number of nitrogens with one attached hydrogen (secondary N) is 1. The zero-order valence-corrected chi connectivity index (χ0v) is 15.6. The van der Waals surface area contributed by atoms with E-state index in [1.807, 2.05) is 60.9 Å². The summed E-state index contributed by atoms with van der Waals surface area (Å²) in [5, 5.41) is 11.4. The Morgan fingerprint density at radius 1 is 1.04 bits per heavy atom. The zero-order valence-electron chi connectivity index (χ0n) is 13.2. The van der Waals surface area contributed by atoms with Gasteiger partial charge in [0.15, 0.2) is 0 Å². The zero-order chi connectivity index (χ0) is 17.2. The van der Waals surface area contributed by atoms with Gasteiger partial charge in [-0.05, 0) is 48.7 Å². The van der Waals surface area contributed by atoms with Crippen molar-refractivity contribution in [3.8, 4) is 34.2 Å². The molecule has 0 fully saturated rings. The monoisotopic (exact) mass is 412 g/mol. The fourth-order valence-electron chi connectivity index (χ4n) is 2.42. The van der Waals surface area contributed by atoms with Gasteiger partial charge >= 0.3 is 0 Å². The maximum Gasteiger partial charge on any atom is 0.276 e. The van der Waals surface area contributed by atoms with E-state index in [0.717, 1.165) is 21.3 Å². The third-order valence-corrected chi connectivity index (χ3v) is 4.94. The molecule has 0 radical (unpaired) electrons. The van der Waals surface area contributed by atoms with Crippen LogP contribution in [0.3, 0.4) is 0 Å². The quantitative estimate of drug-likeness (QED) is 0.461. The van der Waals surface area contributed by atoms with Crippen LogP contribution in [0.25, 0.3) is 34.2 Å². The normalized spacial score (nSPS) is 11.0. The van der Waals surface area contributed by atoms with Crippen LogP contribution in [0.5, 0.6) is 0 Å². The van der Waals surface area contributed by atoms with Crippen molar-refractivity contribution in [2.45, 2.75) is 4.90 Å². The molecule has 0 saturated carbocycles. The molecule has 4 rings (SSSR count). The Hall–Kier alpha value is -2.38. The number of rotatable bonds is 4. The molecule has 2 heterocycles. The van der Waals surface area contributed by atoms with Crippen molar-refractivity contribution in [1.29, 1.82) is 0 Å². The Balaban J connectivity index is 1.62. The number of benzene rings is 2. The summed E-state index contributed by atoms with van der Waals surface area (Å²) in [5.74, 6) is 0.971. The molecular formula is C18H13BrN4OS. The van der Waals surface area contributed by atoms with Crippen LogP contribution in [-0.2, 0) is 0 Å². The molecule has 0 amide bonds. The van der Waals surface area contributed by atoms with Crippen molar-refractivity contribution in [3.63, 3.8) is 0 Å². The van der Waals surface area contributed by atoms with E-state index < -0.39 is 0 Å². The molecule has 25 heavy (non-hydrogen) atoms. The van der Waals surface area contributed by atoms with Crippen LogP contribution < -0.4 is 0 Å². The van der Waals surface area contributed by atoms with Gasteiger partial charge in [-0.15, -0.1) is 11.8 Å². The van der Waals surface area contributed by atoms with E-state index >= 15 is 0 Å². The minimum atomic E-state index is 0.415. The van der Waals surface area contributed by atoms with Gasteiger partial charge in [-0.3, -0.25) is 5.10 Å². The van der Waals surface area contributed by atoms with Gasteiger partial charge in [0.05, 0.1) is 5.69 Å². The molecule has 2 aromatic heterocycles. The SMILES string of the molecule is CSc1ccc(-c2noc(-c3cc(-c4cccc(Br)c4)n[nH]3)n2)cc1. The van der Waals surface area contributed by atoms with E-state index in [4.69, 9.17) is 4.52 Å². The minimum absolute atomic E-state index is 0.415. The van der Waals surface area contributed by atoms with Crippen molar-refractivity contribution in [3.05, 3.63) is 59.1 Å². The van der Waals surface area contributed by atoms with Crippen LogP contribution in [0.15, 0.2) is 68.5 Å². The molecule has 1 N–H and O–H groups in total. The number of aromatic nitrogens is 4. The van der Waals surface area contributed by atoms with Crippen molar-refractivity contribution < 1.29 is 4.52 Å². The molecule has 0 atom stereocenters. The fourth-order valence-corrected chi connectivity index (χ4v) is 3.22. The molecular weight excluding hydrogens is 400 g/mol. The number of H-pyrrole nitrogens is 1. The molecule has 4 aromatic rings. The average molecular weight is 413 g/mol. The van der Waals surface area contributed by atoms with Crippen LogP contribution in [-0.4, -0.2) is 26.6 Å². The van der Waals surface area contributed by atoms with Crippen molar-refractivity contribution in [2.24, 2.45) is 0 Å². The highest BCUT2D eigenvalue weighted by Crippen LogP contribution is 2.27. The maximum absolute atomic E-state index is 5.39. The van der Waals surface area contributed by atoms with E-state index in [2.05, 4.69) is 36.3 Å². The number of thioether (sulfide) groups is 1. The van der Waals surface area contributed by atoms with Gasteiger partial charge in [0, 0.05) is 20.5 Å². The number of nitrogens with zero attached hydrogens (tertiary/aromatic N) is 3. The molecule has 5 nitrogen and oxygen atoms in total. The number of hydrogen-bond acceptors (Lipinski definition) is 5. The maximum atomic E-state index is 5.39. The lowest BCUT2D eigenvalue weighted by Crippen LogP contribution is -1.81. The van der Waals surface area contributed by atoms with E-state index in [1.54, 1.807) is 11.8 Å². The summed E-state index contributed by atoms with van der Waals surface area (Å²) in [6.07, 6.45) is 2.04. The van der Waals surface area contributed by atoms with E-state index in [0.29, 0.717) is 17.4 Å². The van der Waals surface area contributed by atoms with Gasteiger partial charge in [-0.2, -0.15) is 10.1 Å². The first-order chi connectivity index (χ1) is 12.2. The first-order valence-electron chi connectivity index (χ1n) is 7.53. The number of aromatic amines is 1. The van der Waals surface area contributed by atoms with Gasteiger partial charge < -0.3 is 4.52 Å². The molecule has 0 aliphatic rings. The van der Waals surface area contributed by atoms with Crippen LogP contribution >= 0.6 is 27.7 Å². The van der Waals surface area contributed by atoms with Gasteiger partial charge in [-0.25, -0.2) is 0 Å². The third kappa shape index (κ3) is 3.38. The van der Waals surface area contributed by atoms with Gasteiger partial charge in [0.2, 0.25) is 5.82 Å². The molecule has 0 spiro atoms. The molecule has 0 aliphatic carbocycles. The van der Waals surface area contributed by atoms with Crippen LogP contribution in [0.2, 0.25) is 0 Å². The minimum Gasteiger partial charge on any atom is -0.332 e. The predicted octanol–water partition coefficient (Wildman–Crippen LogP) is 5.28. The lowest BCUT2D eigenvalue weighted by molar-refractivity contribution is 0.431. The highest BCUT2D eigenvalue weighted by Gasteiger charge is 2.14. The molecule has 0 saturated heterocycles. The Labute approximate surface area is 157 Å². The topological polar surface area (TPSA) is 67.6 Å². The number of hydrogen-bond donors (Lipinski definition) is 1. The highest BCUT2D eigenvalue weighted by atomic mass is 79.9. The van der Waals surface area contributed by atoms with Crippen LogP contribution in [0.1, 0.15) is 0 Å². The second kappa shape index (κ2) is 6.85. The van der Waals surface area contributed by atoms with Crippen molar-refractivity contribution in [2.75, 3.05) is 6.26 Å². The van der Waals surface area contributed by atoms with Crippen molar-refractivity contribution in [1.82, 2.24) is 20.3 Å². The average Bonchev–Trinajstić information content (AvgIpc) is 3.31. The fraction of sp³-hybridized carbons (Fsp3) is 0.0556. The lowest BCUT2D eigenvalue weighted by Gasteiger charge is -1.96. The highest BCUT2D eigenvalue weighted by molar-refractivity contribution is 9.10. The van der Waals surface area contributed by atoms with Crippen molar-refractivity contribution >= 4 is 27.7 Å². The van der Waals surface area contributed by atoms with E-state index in [9.17, 15) is 0 Å². The Morgan fingerprint density at radius 3 is 2.64 bits per heavy atom. The summed E-state index contributed by atoms with van der Waals surface area (Å²) in [6.45, 7) is 0. The molecule has 2 aromatic carbocycles. The first-order valence-corrected chi connectivity index (χ1v) is 9.54. The Morgan fingerprint density at radius 2 is 1.88 bits per heavy atom. The first kappa shape index (κ1) is 16.1. The van der Waals surface area contributed by atoms with Gasteiger partial charge in [-0.1, -0.05) is 33.2 Å². The van der Waals surface area contributed by atoms with Crippen LogP contribution in [0, 0.1) is 0 Å². The second-order valence-electron chi connectivity index (χ2n) is 5.33. The Kier molecular flexibility index (Phi) is 4.42. The smallest absolute Gasteiger partial charge is 0.276 e. The second-order valence-corrected chi connectivity index (χ2v) is 7.12. The molecule has 0 aliphatic heterocycles. The summed E-state index contributed by atoms with van der Waals surface area (Å²) >= 11 is 5.17. The lowest BCUT2D eigenvalue weighted by atomic mass is 10.1. The summed E-state index contributed by atoms with van der Waals surface area (Å²) in [5.41, 5.74) is 3.43. The third-order valence-electron chi connectivity index (χ3n) is 3.70. The van der Waals surface area contributed by atoms with E-state index in [-0.39, 0.29) is 0 Å². The molecule has 124 valence electrons. The van der Waals surface area contributed by atoms with Gasteiger partial charge in [0.25, 0.3) is 5.89 Å². The van der Waals surface area contributed by atoms with Gasteiger partial charge in [0.1, 0.15) is 5.69 Å². The summed E-state index contributed by atoms with van der Waals surface area (Å²) in [6, 6.07) is 17.9. The molecule has 0 unspecified atom stereocenters. The standard InChI is InChI=1S/C18H13BrN4OS/c1-25-14-7-5-11(6-8-14)17-20-18(24-23-17)16-10-15(21-22-16)12-3-2-4-13(19)9-12/h2-10H,1H3,(H,21,22).